The van der Waals surface area contributed by atoms with Gasteiger partial charge >= 0.3 is 5.97 Å². The molecule has 5 nitrogen and oxygen atoms in total. The van der Waals surface area contributed by atoms with Gasteiger partial charge in [-0.3, -0.25) is 9.30 Å². The van der Waals surface area contributed by atoms with Crippen LogP contribution in [0, 0.1) is 0 Å². The summed E-state index contributed by atoms with van der Waals surface area (Å²) in [6.07, 6.45) is 5.18. The number of hydrogen-bond acceptors (Lipinski definition) is 3. The molecule has 0 aromatic carbocycles. The van der Waals surface area contributed by atoms with Crippen LogP contribution >= 0.6 is 0 Å². The maximum Gasteiger partial charge on any atom is 0.352 e. The van der Waals surface area contributed by atoms with Gasteiger partial charge in [0.15, 0.2) is 0 Å². The van der Waals surface area contributed by atoms with Crippen molar-refractivity contribution in [2.75, 3.05) is 6.54 Å². The van der Waals surface area contributed by atoms with Gasteiger partial charge < -0.3 is 5.11 Å². The lowest BCUT2D eigenvalue weighted by Gasteiger charge is -2.27. The van der Waals surface area contributed by atoms with Crippen molar-refractivity contribution in [1.82, 2.24) is 14.3 Å². The number of imidazole rings is 1. The molecule has 3 rings (SSSR count). The number of likely N-dealkylation sites (tertiary alicyclic amines) is 1. The van der Waals surface area contributed by atoms with Crippen LogP contribution in [0.5, 0.6) is 0 Å². The Labute approximate surface area is 124 Å². The van der Waals surface area contributed by atoms with E-state index in [2.05, 4.69) is 23.7 Å². The number of nitrogens with zero attached hydrogens (tertiary/aromatic N) is 3. The Kier molecular flexibility index (Phi) is 3.68. The SMILES string of the molecule is CC(C)N1CCCC1Cc1cn2c(C(=O)O)cccc2n1. The Morgan fingerprint density at radius 1 is 1.48 bits per heavy atom. The minimum atomic E-state index is -0.922. The van der Waals surface area contributed by atoms with Gasteiger partial charge in [-0.2, -0.15) is 0 Å². The Bertz CT molecular complexity index is 663. The lowest BCUT2D eigenvalue weighted by molar-refractivity contribution is 0.0689. The van der Waals surface area contributed by atoms with Gasteiger partial charge in [0.25, 0.3) is 0 Å². The molecular formula is C16H21N3O2. The summed E-state index contributed by atoms with van der Waals surface area (Å²) in [6, 6.07) is 6.26. The topological polar surface area (TPSA) is 57.8 Å². The van der Waals surface area contributed by atoms with Gasteiger partial charge in [0.1, 0.15) is 11.3 Å². The summed E-state index contributed by atoms with van der Waals surface area (Å²) in [5, 5.41) is 9.23. The van der Waals surface area contributed by atoms with E-state index in [1.807, 2.05) is 12.3 Å². The van der Waals surface area contributed by atoms with E-state index in [0.717, 1.165) is 18.7 Å². The fourth-order valence-corrected chi connectivity index (χ4v) is 3.33. The van der Waals surface area contributed by atoms with E-state index in [-0.39, 0.29) is 5.69 Å². The number of aromatic nitrogens is 2. The molecule has 112 valence electrons. The molecule has 5 heteroatoms. The summed E-state index contributed by atoms with van der Waals surface area (Å²) in [5.74, 6) is -0.922. The van der Waals surface area contributed by atoms with Crippen LogP contribution < -0.4 is 0 Å². The van der Waals surface area contributed by atoms with E-state index in [9.17, 15) is 9.90 Å². The van der Waals surface area contributed by atoms with Gasteiger partial charge in [-0.1, -0.05) is 6.07 Å². The number of rotatable bonds is 4. The highest BCUT2D eigenvalue weighted by atomic mass is 16.4. The summed E-state index contributed by atoms with van der Waals surface area (Å²) in [7, 11) is 0. The average Bonchev–Trinajstić information content (AvgIpc) is 3.03. The Morgan fingerprint density at radius 3 is 3.00 bits per heavy atom. The molecule has 0 saturated carbocycles. The Hall–Kier alpha value is -1.88. The van der Waals surface area contributed by atoms with E-state index in [0.29, 0.717) is 17.7 Å². The number of carbonyl (C=O) groups is 1. The van der Waals surface area contributed by atoms with E-state index >= 15 is 0 Å². The molecule has 0 radical (unpaired) electrons. The third-order valence-electron chi connectivity index (χ3n) is 4.29. The summed E-state index contributed by atoms with van der Waals surface area (Å²) >= 11 is 0. The molecule has 2 aromatic rings. The fraction of sp³-hybridized carbons (Fsp3) is 0.500. The first-order valence-electron chi connectivity index (χ1n) is 7.52. The molecule has 0 aliphatic carbocycles. The monoisotopic (exact) mass is 287 g/mol. The van der Waals surface area contributed by atoms with Crippen LogP contribution in [0.3, 0.4) is 0 Å². The van der Waals surface area contributed by atoms with Crippen LogP contribution in [-0.2, 0) is 6.42 Å². The Morgan fingerprint density at radius 2 is 2.29 bits per heavy atom. The molecule has 3 heterocycles. The van der Waals surface area contributed by atoms with Gasteiger partial charge in [-0.25, -0.2) is 9.78 Å². The van der Waals surface area contributed by atoms with Gasteiger partial charge in [0.2, 0.25) is 0 Å². The number of carboxylic acid groups (broad SMARTS) is 1. The van der Waals surface area contributed by atoms with Crippen LogP contribution in [0.15, 0.2) is 24.4 Å². The maximum atomic E-state index is 11.3. The zero-order chi connectivity index (χ0) is 15.0. The first-order valence-corrected chi connectivity index (χ1v) is 7.52. The van der Waals surface area contributed by atoms with Gasteiger partial charge in [-0.15, -0.1) is 0 Å². The predicted molar refractivity (Wildman–Crippen MR) is 80.7 cm³/mol. The van der Waals surface area contributed by atoms with Gasteiger partial charge in [0.05, 0.1) is 5.69 Å². The van der Waals surface area contributed by atoms with Crippen molar-refractivity contribution in [3.8, 4) is 0 Å². The number of fused-ring (bicyclic) bond motifs is 1. The highest BCUT2D eigenvalue weighted by molar-refractivity contribution is 5.86. The second kappa shape index (κ2) is 5.48. The predicted octanol–water partition coefficient (Wildman–Crippen LogP) is 2.45. The van der Waals surface area contributed by atoms with E-state index < -0.39 is 5.97 Å². The second-order valence-corrected chi connectivity index (χ2v) is 6.01. The molecule has 1 aliphatic heterocycles. The lowest BCUT2D eigenvalue weighted by Crippen LogP contribution is -2.36. The summed E-state index contributed by atoms with van der Waals surface area (Å²) in [4.78, 5) is 18.4. The molecule has 1 saturated heterocycles. The first-order chi connectivity index (χ1) is 10.1. The largest absolute Gasteiger partial charge is 0.477 e. The van der Waals surface area contributed by atoms with Crippen LogP contribution in [0.25, 0.3) is 5.65 Å². The number of pyridine rings is 1. The van der Waals surface area contributed by atoms with Crippen LogP contribution in [0.1, 0.15) is 42.9 Å². The normalized spacial score (nSPS) is 19.7. The van der Waals surface area contributed by atoms with E-state index in [1.165, 1.54) is 12.8 Å². The first kappa shape index (κ1) is 14.1. The summed E-state index contributed by atoms with van der Waals surface area (Å²) in [6.45, 7) is 5.60. The van der Waals surface area contributed by atoms with Crippen LogP contribution in [0.2, 0.25) is 0 Å². The zero-order valence-corrected chi connectivity index (χ0v) is 12.5. The highest BCUT2D eigenvalue weighted by Gasteiger charge is 2.27. The third-order valence-corrected chi connectivity index (χ3v) is 4.29. The molecular weight excluding hydrogens is 266 g/mol. The molecule has 1 N–H and O–H groups in total. The van der Waals surface area contributed by atoms with Crippen molar-refractivity contribution in [3.63, 3.8) is 0 Å². The van der Waals surface area contributed by atoms with E-state index in [1.54, 1.807) is 16.5 Å². The van der Waals surface area contributed by atoms with E-state index in [4.69, 9.17) is 0 Å². The van der Waals surface area contributed by atoms with Crippen molar-refractivity contribution in [3.05, 3.63) is 35.8 Å². The van der Waals surface area contributed by atoms with Gasteiger partial charge in [-0.05, 0) is 45.4 Å². The summed E-state index contributed by atoms with van der Waals surface area (Å²) < 4.78 is 1.67. The third kappa shape index (κ3) is 2.65. The molecule has 1 aliphatic rings. The molecule has 0 amide bonds. The van der Waals surface area contributed by atoms with Gasteiger partial charge in [0, 0.05) is 24.7 Å². The van der Waals surface area contributed by atoms with Crippen molar-refractivity contribution in [2.45, 2.75) is 45.2 Å². The quantitative estimate of drug-likeness (QED) is 0.938. The number of hydrogen-bond donors (Lipinski definition) is 1. The number of carboxylic acids is 1. The fourth-order valence-electron chi connectivity index (χ4n) is 3.33. The smallest absolute Gasteiger partial charge is 0.352 e. The molecule has 21 heavy (non-hydrogen) atoms. The molecule has 0 spiro atoms. The second-order valence-electron chi connectivity index (χ2n) is 6.01. The molecule has 2 aromatic heterocycles. The Balaban J connectivity index is 1.88. The minimum Gasteiger partial charge on any atom is -0.477 e. The average molecular weight is 287 g/mol. The molecule has 1 unspecified atom stereocenters. The zero-order valence-electron chi connectivity index (χ0n) is 12.5. The molecule has 0 bridgehead atoms. The number of aromatic carboxylic acids is 1. The van der Waals surface area contributed by atoms with Crippen molar-refractivity contribution in [1.29, 1.82) is 0 Å². The lowest BCUT2D eigenvalue weighted by atomic mass is 10.1. The minimum absolute atomic E-state index is 0.262. The van der Waals surface area contributed by atoms with Crippen LogP contribution in [-0.4, -0.2) is 44.0 Å². The van der Waals surface area contributed by atoms with Crippen molar-refractivity contribution < 1.29 is 9.90 Å². The molecule has 1 fully saturated rings. The van der Waals surface area contributed by atoms with Crippen LogP contribution in [0.4, 0.5) is 0 Å². The van der Waals surface area contributed by atoms with Crippen molar-refractivity contribution >= 4 is 11.6 Å². The highest BCUT2D eigenvalue weighted by Crippen LogP contribution is 2.23. The maximum absolute atomic E-state index is 11.3. The standard InChI is InChI=1S/C16H21N3O2/c1-11(2)18-8-4-5-13(18)9-12-10-19-14(16(20)21)6-3-7-15(19)17-12/h3,6-7,10-11,13H,4-5,8-9H2,1-2H3,(H,20,21). The summed E-state index contributed by atoms with van der Waals surface area (Å²) in [5.41, 5.74) is 1.94. The van der Waals surface area contributed by atoms with Crippen molar-refractivity contribution in [2.24, 2.45) is 0 Å². The molecule has 1 atom stereocenters.